The third kappa shape index (κ3) is 2.69. The lowest BCUT2D eigenvalue weighted by Crippen LogP contribution is -2.52. The van der Waals surface area contributed by atoms with Crippen LogP contribution in [-0.2, 0) is 9.53 Å². The van der Waals surface area contributed by atoms with Crippen molar-refractivity contribution < 1.29 is 9.53 Å². The second kappa shape index (κ2) is 6.02. The Labute approximate surface area is 110 Å². The smallest absolute Gasteiger partial charge is 0.230 e. The zero-order valence-corrected chi connectivity index (χ0v) is 11.5. The van der Waals surface area contributed by atoms with Crippen LogP contribution in [0.15, 0.2) is 0 Å². The Hall–Kier alpha value is -0.610. The van der Waals surface area contributed by atoms with E-state index in [0.717, 1.165) is 25.7 Å². The van der Waals surface area contributed by atoms with Crippen molar-refractivity contribution in [3.63, 3.8) is 0 Å². The SMILES string of the molecule is CN(C(=O)C1(CN)CCOCC1)C1CCCCC1. The van der Waals surface area contributed by atoms with Crippen molar-refractivity contribution in [2.45, 2.75) is 51.0 Å². The average Bonchev–Trinajstić information content (AvgIpc) is 2.47. The molecule has 2 N–H and O–H groups in total. The molecule has 104 valence electrons. The molecule has 1 saturated heterocycles. The molecule has 1 aliphatic carbocycles. The predicted molar refractivity (Wildman–Crippen MR) is 71.2 cm³/mol. The Bertz CT molecular complexity index is 282. The number of nitrogens with two attached hydrogens (primary N) is 1. The molecule has 0 radical (unpaired) electrons. The molecular weight excluding hydrogens is 228 g/mol. The Kier molecular flexibility index (Phi) is 4.62. The van der Waals surface area contributed by atoms with Crippen molar-refractivity contribution >= 4 is 5.91 Å². The van der Waals surface area contributed by atoms with Crippen LogP contribution < -0.4 is 5.73 Å². The molecule has 2 rings (SSSR count). The highest BCUT2D eigenvalue weighted by atomic mass is 16.5. The third-order valence-corrected chi connectivity index (χ3v) is 4.74. The minimum Gasteiger partial charge on any atom is -0.381 e. The van der Waals surface area contributed by atoms with Gasteiger partial charge in [-0.1, -0.05) is 19.3 Å². The van der Waals surface area contributed by atoms with Crippen molar-refractivity contribution in [3.05, 3.63) is 0 Å². The first-order valence-electron chi connectivity index (χ1n) is 7.25. The minimum absolute atomic E-state index is 0.250. The van der Waals surface area contributed by atoms with E-state index in [1.165, 1.54) is 19.3 Å². The Morgan fingerprint density at radius 2 is 1.89 bits per heavy atom. The van der Waals surface area contributed by atoms with E-state index in [4.69, 9.17) is 10.5 Å². The van der Waals surface area contributed by atoms with Gasteiger partial charge in [-0.25, -0.2) is 0 Å². The molecule has 0 bridgehead atoms. The fourth-order valence-corrected chi connectivity index (χ4v) is 3.28. The lowest BCUT2D eigenvalue weighted by atomic mass is 9.78. The Morgan fingerprint density at radius 3 is 2.44 bits per heavy atom. The van der Waals surface area contributed by atoms with Crippen LogP contribution >= 0.6 is 0 Å². The summed E-state index contributed by atoms with van der Waals surface area (Å²) in [6, 6.07) is 0.428. The van der Waals surface area contributed by atoms with Crippen LogP contribution in [0.5, 0.6) is 0 Å². The maximum absolute atomic E-state index is 12.7. The van der Waals surface area contributed by atoms with E-state index in [-0.39, 0.29) is 11.3 Å². The van der Waals surface area contributed by atoms with Gasteiger partial charge in [-0.2, -0.15) is 0 Å². The summed E-state index contributed by atoms with van der Waals surface area (Å²) in [6.45, 7) is 1.79. The topological polar surface area (TPSA) is 55.6 Å². The van der Waals surface area contributed by atoms with Gasteiger partial charge in [0.15, 0.2) is 0 Å². The fourth-order valence-electron chi connectivity index (χ4n) is 3.28. The summed E-state index contributed by atoms with van der Waals surface area (Å²) in [7, 11) is 1.96. The number of ether oxygens (including phenoxy) is 1. The van der Waals surface area contributed by atoms with Crippen LogP contribution in [0.4, 0.5) is 0 Å². The summed E-state index contributed by atoms with van der Waals surface area (Å²) in [4.78, 5) is 14.7. The zero-order chi connectivity index (χ0) is 13.0. The molecule has 18 heavy (non-hydrogen) atoms. The molecule has 1 heterocycles. The monoisotopic (exact) mass is 254 g/mol. The number of amides is 1. The molecule has 0 aromatic heterocycles. The van der Waals surface area contributed by atoms with E-state index in [1.807, 2.05) is 11.9 Å². The lowest BCUT2D eigenvalue weighted by Gasteiger charge is -2.41. The van der Waals surface area contributed by atoms with Gasteiger partial charge < -0.3 is 15.4 Å². The van der Waals surface area contributed by atoms with Gasteiger partial charge in [0, 0.05) is 32.8 Å². The first-order chi connectivity index (χ1) is 8.69. The van der Waals surface area contributed by atoms with E-state index < -0.39 is 0 Å². The van der Waals surface area contributed by atoms with Crippen molar-refractivity contribution in [1.82, 2.24) is 4.90 Å². The number of rotatable bonds is 3. The number of carbonyl (C=O) groups is 1. The Balaban J connectivity index is 2.03. The molecule has 0 aromatic carbocycles. The van der Waals surface area contributed by atoms with E-state index in [1.54, 1.807) is 0 Å². The molecule has 0 unspecified atom stereocenters. The van der Waals surface area contributed by atoms with E-state index >= 15 is 0 Å². The van der Waals surface area contributed by atoms with Crippen molar-refractivity contribution in [2.75, 3.05) is 26.8 Å². The molecule has 0 aromatic rings. The van der Waals surface area contributed by atoms with Crippen molar-refractivity contribution in [2.24, 2.45) is 11.1 Å². The standard InChI is InChI=1S/C14H26N2O2/c1-16(12-5-3-2-4-6-12)13(17)14(11-15)7-9-18-10-8-14/h12H,2-11,15H2,1H3. The summed E-state index contributed by atoms with van der Waals surface area (Å²) in [6.07, 6.45) is 7.67. The predicted octanol–water partition coefficient (Wildman–Crippen LogP) is 1.53. The first kappa shape index (κ1) is 13.8. The van der Waals surface area contributed by atoms with Crippen molar-refractivity contribution in [1.29, 1.82) is 0 Å². The summed E-state index contributed by atoms with van der Waals surface area (Å²) in [5, 5.41) is 0. The highest BCUT2D eigenvalue weighted by Crippen LogP contribution is 2.33. The molecule has 2 aliphatic rings. The fraction of sp³-hybridized carbons (Fsp3) is 0.929. The van der Waals surface area contributed by atoms with E-state index in [9.17, 15) is 4.79 Å². The lowest BCUT2D eigenvalue weighted by molar-refractivity contribution is -0.148. The largest absolute Gasteiger partial charge is 0.381 e. The van der Waals surface area contributed by atoms with Gasteiger partial charge in [-0.05, 0) is 25.7 Å². The number of hydrogen-bond donors (Lipinski definition) is 1. The third-order valence-electron chi connectivity index (χ3n) is 4.74. The number of hydrogen-bond acceptors (Lipinski definition) is 3. The maximum atomic E-state index is 12.7. The quantitative estimate of drug-likeness (QED) is 0.831. The molecule has 1 saturated carbocycles. The van der Waals surface area contributed by atoms with Crippen LogP contribution in [0.25, 0.3) is 0 Å². The summed E-state index contributed by atoms with van der Waals surface area (Å²) in [5.74, 6) is 0.250. The Morgan fingerprint density at radius 1 is 1.28 bits per heavy atom. The second-order valence-corrected chi connectivity index (χ2v) is 5.80. The summed E-state index contributed by atoms with van der Waals surface area (Å²) >= 11 is 0. The van der Waals surface area contributed by atoms with Gasteiger partial charge >= 0.3 is 0 Å². The maximum Gasteiger partial charge on any atom is 0.230 e. The highest BCUT2D eigenvalue weighted by molar-refractivity contribution is 5.83. The summed E-state index contributed by atoms with van der Waals surface area (Å²) in [5.41, 5.74) is 5.55. The molecule has 4 heteroatoms. The molecule has 1 amide bonds. The van der Waals surface area contributed by atoms with Gasteiger partial charge in [-0.3, -0.25) is 4.79 Å². The van der Waals surface area contributed by atoms with Gasteiger partial charge in [-0.15, -0.1) is 0 Å². The number of carbonyl (C=O) groups excluding carboxylic acids is 1. The van der Waals surface area contributed by atoms with Crippen molar-refractivity contribution in [3.8, 4) is 0 Å². The van der Waals surface area contributed by atoms with Crippen LogP contribution in [-0.4, -0.2) is 43.7 Å². The van der Waals surface area contributed by atoms with E-state index in [0.29, 0.717) is 25.8 Å². The number of nitrogens with zero attached hydrogens (tertiary/aromatic N) is 1. The molecule has 0 spiro atoms. The normalized spacial score (nSPS) is 24.8. The van der Waals surface area contributed by atoms with Gasteiger partial charge in [0.1, 0.15) is 0 Å². The van der Waals surface area contributed by atoms with Gasteiger partial charge in [0.2, 0.25) is 5.91 Å². The van der Waals surface area contributed by atoms with E-state index in [2.05, 4.69) is 0 Å². The minimum atomic E-state index is -0.357. The molecule has 4 nitrogen and oxygen atoms in total. The second-order valence-electron chi connectivity index (χ2n) is 5.80. The van der Waals surface area contributed by atoms with Crippen LogP contribution in [0.3, 0.4) is 0 Å². The molecule has 1 aliphatic heterocycles. The average molecular weight is 254 g/mol. The van der Waals surface area contributed by atoms with Gasteiger partial charge in [0.25, 0.3) is 0 Å². The molecule has 0 atom stereocenters. The zero-order valence-electron chi connectivity index (χ0n) is 11.5. The van der Waals surface area contributed by atoms with Crippen LogP contribution in [0.1, 0.15) is 44.9 Å². The molecular formula is C14H26N2O2. The first-order valence-corrected chi connectivity index (χ1v) is 7.25. The van der Waals surface area contributed by atoms with Crippen LogP contribution in [0.2, 0.25) is 0 Å². The highest BCUT2D eigenvalue weighted by Gasteiger charge is 2.42. The van der Waals surface area contributed by atoms with Crippen LogP contribution in [0, 0.1) is 5.41 Å². The molecule has 2 fully saturated rings. The summed E-state index contributed by atoms with van der Waals surface area (Å²) < 4.78 is 5.38. The van der Waals surface area contributed by atoms with Gasteiger partial charge in [0.05, 0.1) is 5.41 Å².